The molecular weight excluding hydrogens is 556 g/mol. The summed E-state index contributed by atoms with van der Waals surface area (Å²) in [6.07, 6.45) is 5.51. The molecule has 222 valence electrons. The molecule has 2 N–H and O–H groups in total. The van der Waals surface area contributed by atoms with Gasteiger partial charge in [-0.15, -0.1) is 0 Å². The Hall–Kier alpha value is -3.64. The van der Waals surface area contributed by atoms with Gasteiger partial charge >= 0.3 is 0 Å². The highest BCUT2D eigenvalue weighted by molar-refractivity contribution is 7.90. The molecule has 42 heavy (non-hydrogen) atoms. The number of nitrogens with zero attached hydrogens (tertiary/aromatic N) is 5. The van der Waals surface area contributed by atoms with E-state index in [1.165, 1.54) is 6.26 Å². The van der Waals surface area contributed by atoms with E-state index in [0.29, 0.717) is 52.4 Å². The molecule has 12 heteroatoms. The molecule has 4 aromatic rings. The molecule has 11 nitrogen and oxygen atoms in total. The number of methoxy groups -OCH3 is 2. The summed E-state index contributed by atoms with van der Waals surface area (Å²) in [7, 11) is -0.123. The van der Waals surface area contributed by atoms with Crippen molar-refractivity contribution in [1.82, 2.24) is 24.0 Å². The van der Waals surface area contributed by atoms with Crippen LogP contribution < -0.4 is 15.2 Å². The van der Waals surface area contributed by atoms with Gasteiger partial charge in [0.05, 0.1) is 31.2 Å². The van der Waals surface area contributed by atoms with E-state index < -0.39 is 9.84 Å². The molecule has 7 rings (SSSR count). The lowest BCUT2D eigenvalue weighted by atomic mass is 10.1. The summed E-state index contributed by atoms with van der Waals surface area (Å²) in [6, 6.07) is 9.46. The van der Waals surface area contributed by atoms with Gasteiger partial charge < -0.3 is 29.2 Å². The van der Waals surface area contributed by atoms with Gasteiger partial charge in [0, 0.05) is 55.0 Å². The molecule has 3 atom stereocenters. The van der Waals surface area contributed by atoms with Gasteiger partial charge in [0.15, 0.2) is 5.82 Å². The number of rotatable bonds is 9. The lowest BCUT2D eigenvalue weighted by molar-refractivity contribution is 0.0700. The molecule has 2 aliphatic carbocycles. The van der Waals surface area contributed by atoms with Crippen LogP contribution in [0.3, 0.4) is 0 Å². The summed E-state index contributed by atoms with van der Waals surface area (Å²) < 4.78 is 40.0. The van der Waals surface area contributed by atoms with Crippen LogP contribution in [0.5, 0.6) is 11.6 Å². The van der Waals surface area contributed by atoms with Gasteiger partial charge in [-0.3, -0.25) is 4.79 Å². The third-order valence-electron chi connectivity index (χ3n) is 9.17. The van der Waals surface area contributed by atoms with Crippen LogP contribution in [0.25, 0.3) is 33.6 Å². The molecule has 3 aliphatic rings. The Balaban J connectivity index is 1.40. The number of amides is 1. The minimum absolute atomic E-state index is 0.0157. The second kappa shape index (κ2) is 9.98. The van der Waals surface area contributed by atoms with Gasteiger partial charge in [-0.05, 0) is 61.8 Å². The summed E-state index contributed by atoms with van der Waals surface area (Å²) >= 11 is 0. The first-order valence-corrected chi connectivity index (χ1v) is 16.6. The number of hydrogen-bond donors (Lipinski definition) is 1. The zero-order chi connectivity index (χ0) is 29.3. The number of carbonyl (C=O) groups is 1. The van der Waals surface area contributed by atoms with Gasteiger partial charge in [0.2, 0.25) is 5.88 Å². The fraction of sp³-hybridized carbons (Fsp3) is 0.500. The van der Waals surface area contributed by atoms with Crippen molar-refractivity contribution in [3.8, 4) is 23.1 Å². The highest BCUT2D eigenvalue weighted by Crippen LogP contribution is 2.40. The number of carbonyl (C=O) groups excluding carboxylic acids is 1. The van der Waals surface area contributed by atoms with E-state index >= 15 is 0 Å². The molecular formula is C30H36N6O5S. The predicted molar refractivity (Wildman–Crippen MR) is 160 cm³/mol. The Morgan fingerprint density at radius 3 is 2.50 bits per heavy atom. The lowest BCUT2D eigenvalue weighted by Gasteiger charge is -2.27. The maximum Gasteiger partial charge on any atom is 0.254 e. The third-order valence-corrected chi connectivity index (χ3v) is 10.1. The van der Waals surface area contributed by atoms with Gasteiger partial charge in [-0.2, -0.15) is 4.98 Å². The molecule has 0 spiro atoms. The zero-order valence-electron chi connectivity index (χ0n) is 24.1. The fourth-order valence-electron chi connectivity index (χ4n) is 6.78. The summed E-state index contributed by atoms with van der Waals surface area (Å²) in [5, 5.41) is 0.941. The van der Waals surface area contributed by atoms with E-state index in [-0.39, 0.29) is 30.3 Å². The predicted octanol–water partition coefficient (Wildman–Crippen LogP) is 3.09. The van der Waals surface area contributed by atoms with Gasteiger partial charge in [0.1, 0.15) is 26.8 Å². The average molecular weight is 593 g/mol. The number of nitrogens with two attached hydrogens (primary N) is 1. The number of hydrogen-bond acceptors (Lipinski definition) is 8. The summed E-state index contributed by atoms with van der Waals surface area (Å²) in [5.74, 6) is 2.34. The second-order valence-corrected chi connectivity index (χ2v) is 14.3. The van der Waals surface area contributed by atoms with Gasteiger partial charge in [0.25, 0.3) is 5.91 Å². The lowest BCUT2D eigenvalue weighted by Crippen LogP contribution is -2.41. The molecule has 1 aliphatic heterocycles. The van der Waals surface area contributed by atoms with Crippen LogP contribution in [-0.4, -0.2) is 83.2 Å². The first kappa shape index (κ1) is 27.2. The molecule has 2 saturated carbocycles. The van der Waals surface area contributed by atoms with Gasteiger partial charge in [-0.25, -0.2) is 13.4 Å². The van der Waals surface area contributed by atoms with Crippen molar-refractivity contribution in [3.05, 3.63) is 35.9 Å². The van der Waals surface area contributed by atoms with Crippen LogP contribution >= 0.6 is 0 Å². The highest BCUT2D eigenvalue weighted by Gasteiger charge is 2.47. The highest BCUT2D eigenvalue weighted by atomic mass is 32.2. The fourth-order valence-corrected chi connectivity index (χ4v) is 7.29. The number of sulfone groups is 1. The molecule has 1 amide bonds. The number of pyridine rings is 1. The first-order chi connectivity index (χ1) is 20.1. The number of aromatic nitrogens is 4. The quantitative estimate of drug-likeness (QED) is 0.313. The molecule has 1 saturated heterocycles. The number of likely N-dealkylation sites (tertiary alicyclic amines) is 1. The third kappa shape index (κ3) is 4.60. The number of benzene rings is 1. The van der Waals surface area contributed by atoms with Crippen molar-refractivity contribution in [2.45, 2.75) is 50.9 Å². The first-order valence-electron chi connectivity index (χ1n) is 14.5. The van der Waals surface area contributed by atoms with Crippen molar-refractivity contribution in [3.63, 3.8) is 0 Å². The van der Waals surface area contributed by atoms with Crippen molar-refractivity contribution in [2.24, 2.45) is 17.6 Å². The summed E-state index contributed by atoms with van der Waals surface area (Å²) in [4.78, 5) is 25.5. The monoisotopic (exact) mass is 592 g/mol. The van der Waals surface area contributed by atoms with Crippen molar-refractivity contribution in [2.75, 3.05) is 32.8 Å². The van der Waals surface area contributed by atoms with Crippen LogP contribution in [0.15, 0.2) is 30.3 Å². The molecule has 1 unspecified atom stereocenters. The molecule has 3 fully saturated rings. The van der Waals surface area contributed by atoms with Crippen LogP contribution in [0.1, 0.15) is 36.0 Å². The van der Waals surface area contributed by atoms with Gasteiger partial charge in [-0.1, -0.05) is 0 Å². The van der Waals surface area contributed by atoms with Crippen molar-refractivity contribution >= 4 is 37.8 Å². The minimum Gasteiger partial charge on any atom is -0.494 e. The topological polar surface area (TPSA) is 135 Å². The SMILES string of the molecule is COc1ccc2cc(-c3nc4cc(C(=O)N5C[C@H]6CC[C@@H]5C6N)cc(OC)c4n3CCS(C)(=O)=O)n(CC3CC3)c2n1. The van der Waals surface area contributed by atoms with Crippen LogP contribution in [-0.2, 0) is 22.9 Å². The Bertz CT molecular complexity index is 1820. The van der Waals surface area contributed by atoms with E-state index in [9.17, 15) is 13.2 Å². The number of piperidine rings is 1. The van der Waals surface area contributed by atoms with E-state index in [0.717, 1.165) is 49.0 Å². The molecule has 3 aromatic heterocycles. The van der Waals surface area contributed by atoms with E-state index in [1.807, 2.05) is 27.7 Å². The van der Waals surface area contributed by atoms with E-state index in [4.69, 9.17) is 25.2 Å². The molecule has 1 aromatic carbocycles. The maximum absolute atomic E-state index is 13.7. The molecule has 4 heterocycles. The van der Waals surface area contributed by atoms with Crippen LogP contribution in [0, 0.1) is 11.8 Å². The number of aryl methyl sites for hydroxylation is 1. The standard InChI is InChI=1S/C30H36N6O5S/c1-40-24-14-20(30(37)36-16-19-6-8-22(36)26(19)31)12-21-27(24)34(10-11-42(3,38)39)29(32-21)23-13-18-7-9-25(41-2)33-28(18)35(23)15-17-4-5-17/h7,9,12-14,17,19,22,26H,4-6,8,10-11,15-16,31H2,1-3H3/t19-,22-,26?/m1/s1. The Kier molecular flexibility index (Phi) is 6.46. The Labute approximate surface area is 244 Å². The van der Waals surface area contributed by atoms with Crippen LogP contribution in [0.2, 0.25) is 0 Å². The summed E-state index contributed by atoms with van der Waals surface area (Å²) in [6.45, 7) is 1.62. The van der Waals surface area contributed by atoms with Crippen molar-refractivity contribution < 1.29 is 22.7 Å². The number of fused-ring (bicyclic) bond motifs is 4. The zero-order valence-corrected chi connectivity index (χ0v) is 24.9. The Morgan fingerprint density at radius 1 is 1.05 bits per heavy atom. The second-order valence-electron chi connectivity index (χ2n) is 12.1. The minimum atomic E-state index is -3.28. The number of imidazole rings is 1. The molecule has 2 bridgehead atoms. The van der Waals surface area contributed by atoms with Crippen molar-refractivity contribution in [1.29, 1.82) is 0 Å². The molecule has 0 radical (unpaired) electrons. The smallest absolute Gasteiger partial charge is 0.254 e. The maximum atomic E-state index is 13.7. The average Bonchev–Trinajstić information content (AvgIpc) is 3.33. The van der Waals surface area contributed by atoms with Crippen LogP contribution in [0.4, 0.5) is 0 Å². The Morgan fingerprint density at radius 2 is 1.86 bits per heavy atom. The summed E-state index contributed by atoms with van der Waals surface area (Å²) in [5.41, 5.74) is 9.74. The van der Waals surface area contributed by atoms with E-state index in [2.05, 4.69) is 4.57 Å². The largest absolute Gasteiger partial charge is 0.494 e. The van der Waals surface area contributed by atoms with E-state index in [1.54, 1.807) is 26.4 Å². The normalized spacial score (nSPS) is 22.0. The number of ether oxygens (including phenoxy) is 2.